The molecule has 0 heterocycles. The molecule has 0 saturated carbocycles. The Bertz CT molecular complexity index is 82.5. The maximum absolute atomic E-state index is 9.76. The van der Waals surface area contributed by atoms with Gasteiger partial charge in [-0.3, -0.25) is 0 Å². The fraction of sp³-hybridized carbons (Fsp3) is 1.00. The van der Waals surface area contributed by atoms with Crippen LogP contribution in [0.15, 0.2) is 0 Å². The van der Waals surface area contributed by atoms with Crippen LogP contribution in [0.2, 0.25) is 0 Å². The van der Waals surface area contributed by atoms with Crippen LogP contribution >= 0.6 is 8.69 Å². The van der Waals surface area contributed by atoms with Crippen molar-refractivity contribution < 1.29 is 49.5 Å². The van der Waals surface area contributed by atoms with Crippen LogP contribution in [0.5, 0.6) is 0 Å². The second-order valence-electron chi connectivity index (χ2n) is 1.30. The first kappa shape index (κ1) is 13.6. The van der Waals surface area contributed by atoms with Gasteiger partial charge in [-0.2, -0.15) is 0 Å². The van der Waals surface area contributed by atoms with Crippen molar-refractivity contribution in [3.63, 3.8) is 0 Å². The molecule has 0 aromatic carbocycles. The predicted molar refractivity (Wildman–Crippen MR) is 33.9 cm³/mol. The van der Waals surface area contributed by atoms with Crippen molar-refractivity contribution in [2.45, 2.75) is 6.29 Å². The summed E-state index contributed by atoms with van der Waals surface area (Å²) in [5, 5.41) is 0. The van der Waals surface area contributed by atoms with Crippen molar-refractivity contribution in [1.29, 1.82) is 0 Å². The zero-order chi connectivity index (χ0) is 7.11. The summed E-state index contributed by atoms with van der Waals surface area (Å²) < 4.78 is 23.7. The number of hydrogen-bond acceptors (Lipinski definition) is 4. The molecule has 6 heteroatoms. The molecule has 0 amide bonds. The van der Waals surface area contributed by atoms with Crippen molar-refractivity contribution in [2.24, 2.45) is 0 Å². The summed E-state index contributed by atoms with van der Waals surface area (Å²) >= 11 is 0. The molecule has 0 saturated heterocycles. The van der Waals surface area contributed by atoms with Gasteiger partial charge < -0.3 is 10.9 Å². The van der Waals surface area contributed by atoms with E-state index in [9.17, 15) is 4.57 Å². The number of ether oxygens (including phenoxy) is 2. The first-order valence-corrected chi connectivity index (χ1v) is 3.21. The molecule has 0 aliphatic carbocycles. The molecule has 10 heavy (non-hydrogen) atoms. The molecule has 0 aromatic rings. The molecule has 1 atom stereocenters. The fourth-order valence-corrected chi connectivity index (χ4v) is 0.538. The molecule has 0 aliphatic heterocycles. The number of methoxy groups -OCH3 is 2. The summed E-state index contributed by atoms with van der Waals surface area (Å²) in [6, 6.07) is 0. The summed E-state index contributed by atoms with van der Waals surface area (Å²) in [7, 11) is 2.23. The molecular formula is C4H11NaO4P+. The van der Waals surface area contributed by atoms with E-state index in [0.717, 1.165) is 0 Å². The normalized spacial score (nSPS) is 9.90. The quantitative estimate of drug-likeness (QED) is 0.268. The number of hydrogen-bond donors (Lipinski definition) is 0. The Hall–Kier alpha value is 0.980. The topological polar surface area (TPSA) is 44.8 Å². The molecule has 0 spiro atoms. The largest absolute Gasteiger partial charge is 1.00 e. The van der Waals surface area contributed by atoms with Crippen LogP contribution in [-0.2, 0) is 18.6 Å². The third kappa shape index (κ3) is 7.09. The third-order valence-electron chi connectivity index (χ3n) is 0.804. The van der Waals surface area contributed by atoms with Crippen molar-refractivity contribution in [3.05, 3.63) is 0 Å². The smallest absolute Gasteiger partial charge is 1.00 e. The second kappa shape index (κ2) is 9.98. The molecule has 0 radical (unpaired) electrons. The Balaban J connectivity index is -0.000000320. The van der Waals surface area contributed by atoms with Crippen molar-refractivity contribution in [1.82, 2.24) is 0 Å². The van der Waals surface area contributed by atoms with E-state index in [1.165, 1.54) is 14.2 Å². The van der Waals surface area contributed by atoms with E-state index in [1.807, 2.05) is 0 Å². The van der Waals surface area contributed by atoms with Crippen LogP contribution in [0.25, 0.3) is 0 Å². The SMILES string of the molecule is COC(CO[PH+]=O)OC.[H-].[Na+]. The van der Waals surface area contributed by atoms with E-state index in [2.05, 4.69) is 4.52 Å². The maximum atomic E-state index is 9.76. The monoisotopic (exact) mass is 177 g/mol. The molecule has 4 nitrogen and oxygen atoms in total. The van der Waals surface area contributed by atoms with Gasteiger partial charge in [-0.25, -0.2) is 0 Å². The summed E-state index contributed by atoms with van der Waals surface area (Å²) in [5.74, 6) is 0. The van der Waals surface area contributed by atoms with Gasteiger partial charge in [-0.05, 0) is 4.57 Å². The van der Waals surface area contributed by atoms with Crippen LogP contribution in [0, 0.1) is 0 Å². The van der Waals surface area contributed by atoms with Gasteiger partial charge in [-0.15, -0.1) is 4.52 Å². The molecular weight excluding hydrogens is 166 g/mol. The van der Waals surface area contributed by atoms with Crippen molar-refractivity contribution in [3.8, 4) is 0 Å². The van der Waals surface area contributed by atoms with E-state index in [0.29, 0.717) is 0 Å². The number of rotatable bonds is 5. The first-order valence-electron chi connectivity index (χ1n) is 2.39. The Morgan fingerprint density at radius 1 is 1.50 bits per heavy atom. The molecule has 0 bridgehead atoms. The minimum atomic E-state index is -0.753. The zero-order valence-electron chi connectivity index (χ0n) is 7.42. The predicted octanol–water partition coefficient (Wildman–Crippen LogP) is -2.32. The molecule has 0 fully saturated rings. The van der Waals surface area contributed by atoms with Crippen LogP contribution in [0.4, 0.5) is 0 Å². The van der Waals surface area contributed by atoms with Crippen LogP contribution < -0.4 is 29.6 Å². The molecule has 0 rings (SSSR count). The van der Waals surface area contributed by atoms with Gasteiger partial charge in [0.15, 0.2) is 12.9 Å². The molecule has 56 valence electrons. The summed E-state index contributed by atoms with van der Waals surface area (Å²) in [6.07, 6.45) is -0.411. The van der Waals surface area contributed by atoms with E-state index in [4.69, 9.17) is 9.47 Å². The molecule has 0 aromatic heterocycles. The van der Waals surface area contributed by atoms with Gasteiger partial charge in [-0.1, -0.05) is 0 Å². The van der Waals surface area contributed by atoms with Crippen LogP contribution in [0.1, 0.15) is 1.43 Å². The average molecular weight is 177 g/mol. The minimum Gasteiger partial charge on any atom is -1.00 e. The van der Waals surface area contributed by atoms with E-state index < -0.39 is 15.0 Å². The minimum absolute atomic E-state index is 0. The maximum Gasteiger partial charge on any atom is 1.00 e. The van der Waals surface area contributed by atoms with Gasteiger partial charge in [0.1, 0.15) is 0 Å². The second-order valence-corrected chi connectivity index (χ2v) is 1.75. The molecule has 0 N–H and O–H groups in total. The van der Waals surface area contributed by atoms with E-state index in [1.54, 1.807) is 0 Å². The zero-order valence-corrected chi connectivity index (χ0v) is 9.42. The van der Waals surface area contributed by atoms with Crippen LogP contribution in [-0.4, -0.2) is 27.1 Å². The Kier molecular flexibility index (Phi) is 13.5. The van der Waals surface area contributed by atoms with Crippen molar-refractivity contribution in [2.75, 3.05) is 20.8 Å². The Morgan fingerprint density at radius 3 is 2.30 bits per heavy atom. The first-order chi connectivity index (χ1) is 4.35. The molecule has 0 aliphatic rings. The van der Waals surface area contributed by atoms with Crippen LogP contribution in [0.3, 0.4) is 0 Å². The van der Waals surface area contributed by atoms with Gasteiger partial charge in [0.05, 0.1) is 0 Å². The van der Waals surface area contributed by atoms with Crippen molar-refractivity contribution >= 4 is 8.69 Å². The van der Waals surface area contributed by atoms with Gasteiger partial charge in [0.25, 0.3) is 0 Å². The standard InChI is InChI=1S/C4H10O4P.Na.H/c1-6-4(7-2)3-8-9-5;;/h4,9H,3H2,1-2H3;;/q2*+1;-1. The summed E-state index contributed by atoms with van der Waals surface area (Å²) in [6.45, 7) is 0.203. The van der Waals surface area contributed by atoms with E-state index >= 15 is 0 Å². The summed E-state index contributed by atoms with van der Waals surface area (Å²) in [4.78, 5) is 0. The van der Waals surface area contributed by atoms with E-state index in [-0.39, 0.29) is 37.6 Å². The fourth-order valence-electron chi connectivity index (χ4n) is 0.334. The molecule has 1 unspecified atom stereocenters. The Morgan fingerprint density at radius 2 is 2.00 bits per heavy atom. The van der Waals surface area contributed by atoms with Gasteiger partial charge >= 0.3 is 38.2 Å². The Labute approximate surface area is 85.3 Å². The third-order valence-corrected chi connectivity index (χ3v) is 1.09. The summed E-state index contributed by atoms with van der Waals surface area (Å²) in [5.41, 5.74) is 0. The van der Waals surface area contributed by atoms with Gasteiger partial charge in [0, 0.05) is 14.2 Å². The average Bonchev–Trinajstić information content (AvgIpc) is 1.91. The van der Waals surface area contributed by atoms with Gasteiger partial charge in [0.2, 0.25) is 0 Å².